The zero-order valence-electron chi connectivity index (χ0n) is 13.9. The maximum atomic E-state index is 11.3. The van der Waals surface area contributed by atoms with Crippen LogP contribution in [-0.2, 0) is 14.3 Å². The third kappa shape index (κ3) is 13.2. The van der Waals surface area contributed by atoms with Crippen LogP contribution in [0.4, 0.5) is 5.69 Å². The molecule has 1 aromatic carbocycles. The highest BCUT2D eigenvalue weighted by molar-refractivity contribution is 5.71. The van der Waals surface area contributed by atoms with Crippen LogP contribution < -0.4 is 5.32 Å². The summed E-state index contributed by atoms with van der Waals surface area (Å²) in [5, 5.41) is 3.19. The minimum atomic E-state index is -0.456. The average Bonchev–Trinajstić information content (AvgIpc) is 2.38. The first-order valence-corrected chi connectivity index (χ1v) is 7.47. The predicted octanol–water partition coefficient (Wildman–Crippen LogP) is 3.87. The maximum absolute atomic E-state index is 11.3. The Morgan fingerprint density at radius 3 is 2.24 bits per heavy atom. The van der Waals surface area contributed by atoms with Crippen molar-refractivity contribution < 1.29 is 14.3 Å². The van der Waals surface area contributed by atoms with Gasteiger partial charge in [-0.1, -0.05) is 38.5 Å². The van der Waals surface area contributed by atoms with Crippen LogP contribution in [0.25, 0.3) is 0 Å². The maximum Gasteiger partial charge on any atom is 0.332 e. The van der Waals surface area contributed by atoms with Gasteiger partial charge in [0, 0.05) is 12.2 Å². The molecular formula is C17H29NO3. The van der Waals surface area contributed by atoms with Crippen LogP contribution in [-0.4, -0.2) is 31.3 Å². The highest BCUT2D eigenvalue weighted by atomic mass is 16.6. The van der Waals surface area contributed by atoms with Gasteiger partial charge in [-0.05, 0) is 32.9 Å². The molecule has 0 bridgehead atoms. The van der Waals surface area contributed by atoms with Gasteiger partial charge in [-0.2, -0.15) is 0 Å². The Balaban J connectivity index is 0.00000122. The summed E-state index contributed by atoms with van der Waals surface area (Å²) in [5.41, 5.74) is 0.585. The molecule has 1 rings (SSSR count). The molecule has 0 atom stereocenters. The van der Waals surface area contributed by atoms with Crippen LogP contribution in [0.1, 0.15) is 41.0 Å². The molecular weight excluding hydrogens is 266 g/mol. The number of rotatable bonds is 6. The van der Waals surface area contributed by atoms with Crippen LogP contribution in [0.3, 0.4) is 0 Å². The molecule has 0 fully saturated rings. The van der Waals surface area contributed by atoms with E-state index in [1.54, 1.807) is 0 Å². The van der Waals surface area contributed by atoms with Crippen molar-refractivity contribution in [3.8, 4) is 0 Å². The second-order valence-corrected chi connectivity index (χ2v) is 5.64. The van der Waals surface area contributed by atoms with Gasteiger partial charge >= 0.3 is 5.97 Å². The Bertz CT molecular complexity index is 371. The number of carbonyl (C=O) groups is 1. The number of para-hydroxylation sites is 1. The van der Waals surface area contributed by atoms with Crippen molar-refractivity contribution in [1.82, 2.24) is 0 Å². The van der Waals surface area contributed by atoms with Crippen LogP contribution in [0.5, 0.6) is 0 Å². The number of anilines is 1. The van der Waals surface area contributed by atoms with Crippen molar-refractivity contribution in [1.29, 1.82) is 0 Å². The molecule has 0 radical (unpaired) electrons. The number of carbonyl (C=O) groups excluding carboxylic acids is 1. The van der Waals surface area contributed by atoms with Crippen LogP contribution >= 0.6 is 0 Å². The number of nitrogens with one attached hydrogen (secondary N) is 1. The van der Waals surface area contributed by atoms with Crippen molar-refractivity contribution in [2.45, 2.75) is 46.6 Å². The molecule has 0 aliphatic rings. The summed E-state index contributed by atoms with van der Waals surface area (Å²) < 4.78 is 10.3. The quantitative estimate of drug-likeness (QED) is 0.639. The lowest BCUT2D eigenvalue weighted by atomic mass is 10.2. The van der Waals surface area contributed by atoms with Crippen LogP contribution in [0, 0.1) is 0 Å². The summed E-state index contributed by atoms with van der Waals surface area (Å²) >= 11 is 0. The third-order valence-corrected chi connectivity index (χ3v) is 1.99. The molecule has 0 heterocycles. The van der Waals surface area contributed by atoms with Gasteiger partial charge in [0.2, 0.25) is 0 Å². The fraction of sp³-hybridized carbons (Fsp3) is 0.588. The van der Waals surface area contributed by atoms with E-state index in [2.05, 4.69) is 19.2 Å². The third-order valence-electron chi connectivity index (χ3n) is 1.99. The molecule has 4 nitrogen and oxygen atoms in total. The van der Waals surface area contributed by atoms with Crippen molar-refractivity contribution in [2.75, 3.05) is 25.1 Å². The summed E-state index contributed by atoms with van der Waals surface area (Å²) in [6.07, 6.45) is 1.25. The van der Waals surface area contributed by atoms with Gasteiger partial charge in [-0.15, -0.1) is 0 Å². The first-order chi connectivity index (χ1) is 9.89. The molecule has 0 aliphatic carbocycles. The summed E-state index contributed by atoms with van der Waals surface area (Å²) in [6.45, 7) is 10.9. The fourth-order valence-corrected chi connectivity index (χ4v) is 1.35. The van der Waals surface area contributed by atoms with Crippen molar-refractivity contribution >= 4 is 11.7 Å². The molecule has 0 saturated carbocycles. The smallest absolute Gasteiger partial charge is 0.332 e. The number of esters is 1. The lowest BCUT2D eigenvalue weighted by Gasteiger charge is -2.19. The Labute approximate surface area is 128 Å². The molecule has 0 aliphatic heterocycles. The molecule has 0 aromatic heterocycles. The lowest BCUT2D eigenvalue weighted by Crippen LogP contribution is -2.27. The molecule has 1 aromatic rings. The van der Waals surface area contributed by atoms with Crippen LogP contribution in [0.2, 0.25) is 0 Å². The van der Waals surface area contributed by atoms with Crippen molar-refractivity contribution in [3.05, 3.63) is 30.3 Å². The molecule has 0 spiro atoms. The van der Waals surface area contributed by atoms with Gasteiger partial charge in [-0.3, -0.25) is 0 Å². The van der Waals surface area contributed by atoms with E-state index in [0.717, 1.165) is 5.69 Å². The first-order valence-electron chi connectivity index (χ1n) is 7.47. The van der Waals surface area contributed by atoms with Gasteiger partial charge in [0.25, 0.3) is 0 Å². The van der Waals surface area contributed by atoms with Crippen LogP contribution in [0.15, 0.2) is 30.3 Å². The highest BCUT2D eigenvalue weighted by Gasteiger charge is 2.15. The predicted molar refractivity (Wildman–Crippen MR) is 87.6 cm³/mol. The lowest BCUT2D eigenvalue weighted by molar-refractivity contribution is -0.160. The zero-order valence-corrected chi connectivity index (χ0v) is 13.9. The minimum Gasteiger partial charge on any atom is -0.458 e. The zero-order chi connectivity index (χ0) is 16.1. The second kappa shape index (κ2) is 11.1. The number of hydrogen-bond acceptors (Lipinski definition) is 4. The Morgan fingerprint density at radius 1 is 1.14 bits per heavy atom. The van der Waals surface area contributed by atoms with E-state index in [9.17, 15) is 4.79 Å². The van der Waals surface area contributed by atoms with Gasteiger partial charge in [-0.25, -0.2) is 4.79 Å². The molecule has 120 valence electrons. The summed E-state index contributed by atoms with van der Waals surface area (Å²) in [5.74, 6) is -0.331. The SMILES string of the molecule is CC(C)(C)OC(=O)COCCNc1ccccc1.CCC. The summed E-state index contributed by atoms with van der Waals surface area (Å²) in [4.78, 5) is 11.3. The molecule has 1 N–H and O–H groups in total. The first kappa shape index (κ1) is 19.4. The van der Waals surface area contributed by atoms with Crippen molar-refractivity contribution in [3.63, 3.8) is 0 Å². The molecule has 0 unspecified atom stereocenters. The Kier molecular flexibility index (Phi) is 10.3. The van der Waals surface area contributed by atoms with E-state index >= 15 is 0 Å². The molecule has 0 amide bonds. The van der Waals surface area contributed by atoms with Crippen molar-refractivity contribution in [2.24, 2.45) is 0 Å². The molecule has 0 saturated heterocycles. The number of ether oxygens (including phenoxy) is 2. The number of hydrogen-bond donors (Lipinski definition) is 1. The largest absolute Gasteiger partial charge is 0.458 e. The summed E-state index contributed by atoms with van der Waals surface area (Å²) in [7, 11) is 0. The minimum absolute atomic E-state index is 0.00621. The van der Waals surface area contributed by atoms with Gasteiger partial charge in [0.1, 0.15) is 12.2 Å². The average molecular weight is 295 g/mol. The van der Waals surface area contributed by atoms with E-state index in [1.165, 1.54) is 6.42 Å². The normalized spacial score (nSPS) is 10.3. The van der Waals surface area contributed by atoms with Gasteiger partial charge in [0.15, 0.2) is 0 Å². The monoisotopic (exact) mass is 295 g/mol. The van der Waals surface area contributed by atoms with E-state index in [0.29, 0.717) is 13.2 Å². The van der Waals surface area contributed by atoms with E-state index in [-0.39, 0.29) is 12.6 Å². The second-order valence-electron chi connectivity index (χ2n) is 5.64. The Morgan fingerprint density at radius 2 is 1.71 bits per heavy atom. The highest BCUT2D eigenvalue weighted by Crippen LogP contribution is 2.07. The van der Waals surface area contributed by atoms with E-state index < -0.39 is 5.60 Å². The van der Waals surface area contributed by atoms with Gasteiger partial charge < -0.3 is 14.8 Å². The number of benzene rings is 1. The molecule has 4 heteroatoms. The Hall–Kier alpha value is -1.55. The van der Waals surface area contributed by atoms with E-state index in [4.69, 9.17) is 9.47 Å². The standard InChI is InChI=1S/C14H21NO3.C3H8/c1-14(2,3)18-13(16)11-17-10-9-15-12-7-5-4-6-8-12;1-3-2/h4-8,15H,9-11H2,1-3H3;3H2,1-2H3. The fourth-order valence-electron chi connectivity index (χ4n) is 1.35. The summed E-state index contributed by atoms with van der Waals surface area (Å²) in [6, 6.07) is 9.85. The van der Waals surface area contributed by atoms with E-state index in [1.807, 2.05) is 51.1 Å². The molecule has 21 heavy (non-hydrogen) atoms. The van der Waals surface area contributed by atoms with Gasteiger partial charge in [0.05, 0.1) is 6.61 Å². The topological polar surface area (TPSA) is 47.6 Å².